The first-order chi connectivity index (χ1) is 10.4. The van der Waals surface area contributed by atoms with Crippen LogP contribution in [-0.2, 0) is 10.0 Å². The van der Waals surface area contributed by atoms with E-state index < -0.39 is 15.9 Å². The van der Waals surface area contributed by atoms with Crippen LogP contribution >= 0.6 is 15.9 Å². The van der Waals surface area contributed by atoms with E-state index in [1.165, 1.54) is 30.5 Å². The second-order valence-electron chi connectivity index (χ2n) is 4.06. The number of rotatable bonds is 6. The van der Waals surface area contributed by atoms with Gasteiger partial charge in [0.25, 0.3) is 10.0 Å². The fourth-order valence-corrected chi connectivity index (χ4v) is 3.13. The van der Waals surface area contributed by atoms with Gasteiger partial charge in [0.15, 0.2) is 5.76 Å². The molecule has 0 fully saturated rings. The quantitative estimate of drug-likeness (QED) is 0.738. The van der Waals surface area contributed by atoms with Gasteiger partial charge in [0.05, 0.1) is 12.9 Å². The van der Waals surface area contributed by atoms with E-state index in [4.69, 9.17) is 9.15 Å². The number of benzene rings is 1. The molecule has 2 rings (SSSR count). The first-order valence-corrected chi connectivity index (χ1v) is 8.49. The molecule has 0 saturated carbocycles. The van der Waals surface area contributed by atoms with Crippen molar-refractivity contribution in [1.29, 1.82) is 0 Å². The monoisotopic (exact) mass is 388 g/mol. The van der Waals surface area contributed by atoms with Gasteiger partial charge >= 0.3 is 5.91 Å². The highest BCUT2D eigenvalue weighted by Crippen LogP contribution is 2.27. The third kappa shape index (κ3) is 3.87. The molecule has 0 aliphatic rings. The highest BCUT2D eigenvalue weighted by molar-refractivity contribution is 9.10. The smallest absolute Gasteiger partial charge is 0.301 e. The highest BCUT2D eigenvalue weighted by Gasteiger charge is 2.21. The van der Waals surface area contributed by atoms with Crippen molar-refractivity contribution in [2.24, 2.45) is 0 Å². The van der Waals surface area contributed by atoms with Crippen molar-refractivity contribution in [1.82, 2.24) is 10.3 Å². The summed E-state index contributed by atoms with van der Waals surface area (Å²) in [5.41, 5.74) is 2.07. The molecule has 1 heterocycles. The van der Waals surface area contributed by atoms with Gasteiger partial charge in [0, 0.05) is 4.47 Å². The van der Waals surface area contributed by atoms with E-state index in [0.717, 1.165) is 0 Å². The molecule has 0 saturated heterocycles. The number of hydrogen-bond acceptors (Lipinski definition) is 5. The number of ether oxygens (including phenoxy) is 1. The second-order valence-corrected chi connectivity index (χ2v) is 6.63. The SMILES string of the molecule is CCOc1ccc(Br)cc1S(=O)(=O)NNC(=O)c1ccco1. The third-order valence-corrected chi connectivity index (χ3v) is 4.30. The summed E-state index contributed by atoms with van der Waals surface area (Å²) in [5, 5.41) is 0. The highest BCUT2D eigenvalue weighted by atomic mass is 79.9. The molecule has 0 radical (unpaired) electrons. The summed E-state index contributed by atoms with van der Waals surface area (Å²) in [4.78, 5) is 13.6. The van der Waals surface area contributed by atoms with Crippen LogP contribution in [0, 0.1) is 0 Å². The summed E-state index contributed by atoms with van der Waals surface area (Å²) >= 11 is 3.20. The lowest BCUT2D eigenvalue weighted by molar-refractivity contribution is 0.0917. The van der Waals surface area contributed by atoms with Crippen LogP contribution in [0.1, 0.15) is 17.5 Å². The number of nitrogens with one attached hydrogen (secondary N) is 2. The Hall–Kier alpha value is -1.84. The Kier molecular flexibility index (Phi) is 5.22. The number of hydrogen-bond donors (Lipinski definition) is 2. The summed E-state index contributed by atoms with van der Waals surface area (Å²) in [6.07, 6.45) is 1.31. The molecule has 0 spiro atoms. The number of sulfonamides is 1. The van der Waals surface area contributed by atoms with Crippen molar-refractivity contribution in [3.8, 4) is 5.75 Å². The second kappa shape index (κ2) is 6.95. The van der Waals surface area contributed by atoms with Crippen LogP contribution in [0.3, 0.4) is 0 Å². The van der Waals surface area contributed by atoms with Crippen molar-refractivity contribution in [2.45, 2.75) is 11.8 Å². The molecule has 0 bridgehead atoms. The summed E-state index contributed by atoms with van der Waals surface area (Å²) < 4.78 is 35.3. The van der Waals surface area contributed by atoms with Crippen LogP contribution in [0.5, 0.6) is 5.75 Å². The average molecular weight is 389 g/mol. The normalized spacial score (nSPS) is 11.2. The lowest BCUT2D eigenvalue weighted by Crippen LogP contribution is -2.41. The maximum absolute atomic E-state index is 12.3. The first kappa shape index (κ1) is 16.5. The Morgan fingerprint density at radius 3 is 2.77 bits per heavy atom. The summed E-state index contributed by atoms with van der Waals surface area (Å²) in [7, 11) is -4.00. The van der Waals surface area contributed by atoms with Crippen molar-refractivity contribution in [3.63, 3.8) is 0 Å². The molecule has 7 nitrogen and oxygen atoms in total. The minimum absolute atomic E-state index is 0.0121. The van der Waals surface area contributed by atoms with Gasteiger partial charge in [-0.05, 0) is 37.3 Å². The molecule has 0 atom stereocenters. The summed E-state index contributed by atoms with van der Waals surface area (Å²) in [5.74, 6) is -0.533. The zero-order valence-electron chi connectivity index (χ0n) is 11.5. The van der Waals surface area contributed by atoms with E-state index in [2.05, 4.69) is 21.4 Å². The molecule has 0 unspecified atom stereocenters. The zero-order valence-corrected chi connectivity index (χ0v) is 13.9. The molecule has 1 amide bonds. The zero-order chi connectivity index (χ0) is 16.2. The average Bonchev–Trinajstić information content (AvgIpc) is 3.01. The topological polar surface area (TPSA) is 97.6 Å². The number of carbonyl (C=O) groups is 1. The van der Waals surface area contributed by atoms with E-state index in [9.17, 15) is 13.2 Å². The van der Waals surface area contributed by atoms with Crippen LogP contribution in [0.4, 0.5) is 0 Å². The van der Waals surface area contributed by atoms with Crippen LogP contribution in [0.25, 0.3) is 0 Å². The third-order valence-electron chi connectivity index (χ3n) is 2.54. The van der Waals surface area contributed by atoms with Gasteiger partial charge in [-0.2, -0.15) is 0 Å². The molecule has 118 valence electrons. The van der Waals surface area contributed by atoms with Gasteiger partial charge in [0.2, 0.25) is 0 Å². The molecule has 9 heteroatoms. The summed E-state index contributed by atoms with van der Waals surface area (Å²) in [6.45, 7) is 2.05. The Balaban J connectivity index is 2.20. The summed E-state index contributed by atoms with van der Waals surface area (Å²) in [6, 6.07) is 7.49. The Labute approximate surface area is 135 Å². The van der Waals surface area contributed by atoms with Gasteiger partial charge in [-0.3, -0.25) is 10.2 Å². The minimum Gasteiger partial charge on any atom is -0.492 e. The fraction of sp³-hybridized carbons (Fsp3) is 0.154. The van der Waals surface area contributed by atoms with Gasteiger partial charge in [0.1, 0.15) is 10.6 Å². The largest absolute Gasteiger partial charge is 0.492 e. The number of amides is 1. The predicted octanol–water partition coefficient (Wildman–Crippen LogP) is 2.06. The molecule has 0 aliphatic carbocycles. The molecule has 1 aromatic carbocycles. The van der Waals surface area contributed by atoms with Crippen LogP contribution in [-0.4, -0.2) is 20.9 Å². The lowest BCUT2D eigenvalue weighted by atomic mass is 10.3. The van der Waals surface area contributed by atoms with E-state index in [-0.39, 0.29) is 16.4 Å². The van der Waals surface area contributed by atoms with Gasteiger partial charge in [-0.1, -0.05) is 15.9 Å². The van der Waals surface area contributed by atoms with E-state index in [1.807, 2.05) is 4.83 Å². The standard InChI is InChI=1S/C13H13BrN2O5S/c1-2-20-10-6-5-9(14)8-12(10)22(18,19)16-15-13(17)11-4-3-7-21-11/h3-8,16H,2H2,1H3,(H,15,17). The van der Waals surface area contributed by atoms with Crippen LogP contribution in [0.2, 0.25) is 0 Å². The van der Waals surface area contributed by atoms with Crippen LogP contribution in [0.15, 0.2) is 50.4 Å². The molecule has 1 aromatic heterocycles. The number of halogens is 1. The minimum atomic E-state index is -4.00. The molecule has 0 aliphatic heterocycles. The molecular formula is C13H13BrN2O5S. The predicted molar refractivity (Wildman–Crippen MR) is 81.8 cm³/mol. The van der Waals surface area contributed by atoms with Gasteiger partial charge < -0.3 is 9.15 Å². The molecule has 2 N–H and O–H groups in total. The number of hydrazine groups is 1. The molecular weight excluding hydrogens is 376 g/mol. The molecule has 22 heavy (non-hydrogen) atoms. The number of furan rings is 1. The maximum Gasteiger partial charge on any atom is 0.301 e. The Morgan fingerprint density at radius 1 is 1.36 bits per heavy atom. The van der Waals surface area contributed by atoms with Gasteiger partial charge in [-0.25, -0.2) is 8.42 Å². The van der Waals surface area contributed by atoms with Crippen molar-refractivity contribution >= 4 is 31.9 Å². The van der Waals surface area contributed by atoms with Gasteiger partial charge in [-0.15, -0.1) is 4.83 Å². The lowest BCUT2D eigenvalue weighted by Gasteiger charge is -2.12. The van der Waals surface area contributed by atoms with Crippen molar-refractivity contribution in [2.75, 3.05) is 6.61 Å². The van der Waals surface area contributed by atoms with E-state index >= 15 is 0 Å². The van der Waals surface area contributed by atoms with Crippen molar-refractivity contribution in [3.05, 3.63) is 46.8 Å². The number of carbonyl (C=O) groups excluding carboxylic acids is 1. The van der Waals surface area contributed by atoms with Crippen LogP contribution < -0.4 is 15.0 Å². The van der Waals surface area contributed by atoms with E-state index in [0.29, 0.717) is 11.1 Å². The Bertz CT molecular complexity index is 759. The Morgan fingerprint density at radius 2 is 2.14 bits per heavy atom. The fourth-order valence-electron chi connectivity index (χ4n) is 1.60. The van der Waals surface area contributed by atoms with Crippen molar-refractivity contribution < 1.29 is 22.4 Å². The molecule has 2 aromatic rings. The van der Waals surface area contributed by atoms with E-state index in [1.54, 1.807) is 13.0 Å². The maximum atomic E-state index is 12.3. The first-order valence-electron chi connectivity index (χ1n) is 6.22.